The molecule has 0 unspecified atom stereocenters. The molecule has 1 N–H and O–H groups in total. The molecule has 0 aromatic heterocycles. The molecule has 0 spiro atoms. The molecule has 0 saturated carbocycles. The number of aryl methyl sites for hydroxylation is 1. The molecule has 0 radical (unpaired) electrons. The molecule has 3 amide bonds. The Hall–Kier alpha value is -3.84. The third-order valence-corrected chi connectivity index (χ3v) is 7.53. The van der Waals surface area contributed by atoms with Crippen molar-refractivity contribution in [3.05, 3.63) is 94.0 Å². The van der Waals surface area contributed by atoms with Gasteiger partial charge in [0.15, 0.2) is 0 Å². The molecule has 38 heavy (non-hydrogen) atoms. The molecule has 2 aliphatic rings. The van der Waals surface area contributed by atoms with Crippen molar-refractivity contribution < 1.29 is 14.4 Å². The normalized spacial score (nSPS) is 15.5. The van der Waals surface area contributed by atoms with Gasteiger partial charge in [0.1, 0.15) is 0 Å². The number of carbonyl (C=O) groups excluding carboxylic acids is 3. The van der Waals surface area contributed by atoms with Crippen LogP contribution in [0, 0.1) is 6.92 Å². The minimum Gasteiger partial charge on any atom is -0.367 e. The molecule has 0 aliphatic carbocycles. The Balaban J connectivity index is 1.35. The van der Waals surface area contributed by atoms with E-state index in [4.69, 9.17) is 11.6 Å². The van der Waals surface area contributed by atoms with Crippen LogP contribution in [0.2, 0.25) is 5.02 Å². The zero-order valence-corrected chi connectivity index (χ0v) is 22.2. The Morgan fingerprint density at radius 3 is 2.08 bits per heavy atom. The fraction of sp³-hybridized carbons (Fsp3) is 0.300. The Morgan fingerprint density at radius 2 is 1.39 bits per heavy atom. The molecular formula is C30H31ClN4O3. The number of hydrogen-bond acceptors (Lipinski definition) is 4. The van der Waals surface area contributed by atoms with Crippen LogP contribution in [0.4, 0.5) is 11.4 Å². The van der Waals surface area contributed by atoms with E-state index in [0.29, 0.717) is 53.6 Å². The molecule has 7 nitrogen and oxygen atoms in total. The van der Waals surface area contributed by atoms with Gasteiger partial charge in [-0.3, -0.25) is 14.4 Å². The first kappa shape index (κ1) is 25.8. The van der Waals surface area contributed by atoms with Gasteiger partial charge in [-0.25, -0.2) is 0 Å². The van der Waals surface area contributed by atoms with Gasteiger partial charge in [0.05, 0.1) is 16.1 Å². The van der Waals surface area contributed by atoms with Crippen molar-refractivity contribution in [3.63, 3.8) is 0 Å². The molecule has 3 aromatic carbocycles. The van der Waals surface area contributed by atoms with Crippen molar-refractivity contribution in [1.82, 2.24) is 9.80 Å². The highest BCUT2D eigenvalue weighted by molar-refractivity contribution is 6.34. The molecule has 2 fully saturated rings. The van der Waals surface area contributed by atoms with Gasteiger partial charge in [-0.15, -0.1) is 0 Å². The van der Waals surface area contributed by atoms with E-state index in [1.54, 1.807) is 30.3 Å². The van der Waals surface area contributed by atoms with Crippen molar-refractivity contribution in [2.24, 2.45) is 0 Å². The predicted molar refractivity (Wildman–Crippen MR) is 150 cm³/mol. The third-order valence-electron chi connectivity index (χ3n) is 7.20. The third kappa shape index (κ3) is 5.53. The summed E-state index contributed by atoms with van der Waals surface area (Å²) in [4.78, 5) is 45.3. The highest BCUT2D eigenvalue weighted by Crippen LogP contribution is 2.29. The number of rotatable bonds is 5. The van der Waals surface area contributed by atoms with E-state index in [9.17, 15) is 14.4 Å². The van der Waals surface area contributed by atoms with Crippen LogP contribution < -0.4 is 10.2 Å². The summed E-state index contributed by atoms with van der Waals surface area (Å²) < 4.78 is 0. The average molecular weight is 531 g/mol. The number of nitrogens with zero attached hydrogens (tertiary/aromatic N) is 3. The number of nitrogens with one attached hydrogen (secondary N) is 1. The second kappa shape index (κ2) is 11.3. The van der Waals surface area contributed by atoms with E-state index >= 15 is 0 Å². The van der Waals surface area contributed by atoms with E-state index in [2.05, 4.69) is 10.2 Å². The Morgan fingerprint density at radius 1 is 0.737 bits per heavy atom. The smallest absolute Gasteiger partial charge is 0.257 e. The zero-order chi connectivity index (χ0) is 26.6. The first-order chi connectivity index (χ1) is 18.4. The molecule has 2 saturated heterocycles. The maximum atomic E-state index is 13.6. The van der Waals surface area contributed by atoms with Crippen LogP contribution in [0.25, 0.3) is 0 Å². The fourth-order valence-corrected chi connectivity index (χ4v) is 5.25. The number of halogens is 1. The maximum Gasteiger partial charge on any atom is 0.257 e. The van der Waals surface area contributed by atoms with Gasteiger partial charge in [-0.2, -0.15) is 0 Å². The van der Waals surface area contributed by atoms with Crippen LogP contribution >= 0.6 is 11.6 Å². The second-order valence-corrected chi connectivity index (χ2v) is 10.2. The maximum absolute atomic E-state index is 13.6. The second-order valence-electron chi connectivity index (χ2n) is 9.81. The van der Waals surface area contributed by atoms with Gasteiger partial charge in [-0.1, -0.05) is 41.4 Å². The summed E-state index contributed by atoms with van der Waals surface area (Å²) in [7, 11) is 0. The molecule has 2 heterocycles. The number of piperazine rings is 1. The van der Waals surface area contributed by atoms with Crippen molar-refractivity contribution in [2.75, 3.05) is 49.5 Å². The van der Waals surface area contributed by atoms with Crippen LogP contribution in [0.3, 0.4) is 0 Å². The van der Waals surface area contributed by atoms with Crippen LogP contribution in [-0.2, 0) is 0 Å². The van der Waals surface area contributed by atoms with E-state index in [1.165, 1.54) is 0 Å². The minimum absolute atomic E-state index is 0.0237. The fourth-order valence-electron chi connectivity index (χ4n) is 5.02. The summed E-state index contributed by atoms with van der Waals surface area (Å²) >= 11 is 6.20. The van der Waals surface area contributed by atoms with Gasteiger partial charge in [0.2, 0.25) is 0 Å². The molecule has 2 aliphatic heterocycles. The van der Waals surface area contributed by atoms with Crippen LogP contribution in [0.15, 0.2) is 66.7 Å². The van der Waals surface area contributed by atoms with Gasteiger partial charge >= 0.3 is 0 Å². The summed E-state index contributed by atoms with van der Waals surface area (Å²) in [5.41, 5.74) is 4.09. The summed E-state index contributed by atoms with van der Waals surface area (Å²) in [5.74, 6) is -0.341. The Bertz CT molecular complexity index is 1340. The lowest BCUT2D eigenvalue weighted by atomic mass is 10.1. The number of anilines is 2. The van der Waals surface area contributed by atoms with E-state index < -0.39 is 0 Å². The van der Waals surface area contributed by atoms with Crippen molar-refractivity contribution >= 4 is 40.7 Å². The largest absolute Gasteiger partial charge is 0.367 e. The summed E-state index contributed by atoms with van der Waals surface area (Å²) in [6.07, 6.45) is 1.98. The summed E-state index contributed by atoms with van der Waals surface area (Å²) in [6, 6.07) is 20.0. The number of likely N-dealkylation sites (tertiary alicyclic amines) is 1. The van der Waals surface area contributed by atoms with Crippen molar-refractivity contribution in [3.8, 4) is 0 Å². The van der Waals surface area contributed by atoms with E-state index in [1.807, 2.05) is 53.1 Å². The van der Waals surface area contributed by atoms with Crippen molar-refractivity contribution in [2.45, 2.75) is 19.8 Å². The summed E-state index contributed by atoms with van der Waals surface area (Å²) in [6.45, 7) is 5.82. The van der Waals surface area contributed by atoms with Crippen molar-refractivity contribution in [1.29, 1.82) is 0 Å². The lowest BCUT2D eigenvalue weighted by molar-refractivity contribution is 0.0743. The molecule has 0 atom stereocenters. The zero-order valence-electron chi connectivity index (χ0n) is 21.5. The van der Waals surface area contributed by atoms with Gasteiger partial charge in [-0.05, 0) is 62.2 Å². The first-order valence-corrected chi connectivity index (χ1v) is 13.4. The minimum atomic E-state index is -0.328. The summed E-state index contributed by atoms with van der Waals surface area (Å²) in [5, 5.41) is 3.26. The first-order valence-electron chi connectivity index (χ1n) is 13.0. The van der Waals surface area contributed by atoms with Gasteiger partial charge in [0, 0.05) is 56.2 Å². The topological polar surface area (TPSA) is 73.0 Å². The molecule has 3 aromatic rings. The monoisotopic (exact) mass is 530 g/mol. The van der Waals surface area contributed by atoms with E-state index in [0.717, 1.165) is 37.2 Å². The van der Waals surface area contributed by atoms with Crippen LogP contribution in [0.1, 0.15) is 49.5 Å². The Kier molecular flexibility index (Phi) is 7.65. The number of amides is 3. The van der Waals surface area contributed by atoms with Crippen LogP contribution in [-0.4, -0.2) is 66.8 Å². The molecule has 5 rings (SSSR count). The predicted octanol–water partition coefficient (Wildman–Crippen LogP) is 5.10. The van der Waals surface area contributed by atoms with Crippen LogP contribution in [0.5, 0.6) is 0 Å². The highest BCUT2D eigenvalue weighted by Gasteiger charge is 2.28. The van der Waals surface area contributed by atoms with E-state index in [-0.39, 0.29) is 17.7 Å². The standard InChI is InChI=1S/C30H31ClN4O3/c1-21-8-10-22(11-9-21)29(37)35-18-16-33(17-19-35)27-13-12-23(20-25(27)30(38)34-14-4-5-15-34)32-28(36)24-6-2-3-7-26(24)31/h2-3,6-13,20H,4-5,14-19H2,1H3,(H,32,36). The molecule has 8 heteroatoms. The van der Waals surface area contributed by atoms with Gasteiger partial charge in [0.25, 0.3) is 17.7 Å². The number of carbonyl (C=O) groups is 3. The lowest BCUT2D eigenvalue weighted by Crippen LogP contribution is -2.49. The quantitative estimate of drug-likeness (QED) is 0.498. The average Bonchev–Trinajstić information content (AvgIpc) is 3.48. The SMILES string of the molecule is Cc1ccc(C(=O)N2CCN(c3ccc(NC(=O)c4ccccc4Cl)cc3C(=O)N3CCCC3)CC2)cc1. The number of hydrogen-bond donors (Lipinski definition) is 1. The lowest BCUT2D eigenvalue weighted by Gasteiger charge is -2.37. The highest BCUT2D eigenvalue weighted by atomic mass is 35.5. The molecule has 0 bridgehead atoms. The van der Waals surface area contributed by atoms with Gasteiger partial charge < -0.3 is 20.0 Å². The Labute approximate surface area is 228 Å². The number of benzene rings is 3. The molecule has 196 valence electrons. The molecular weight excluding hydrogens is 500 g/mol.